The summed E-state index contributed by atoms with van der Waals surface area (Å²) in [6.07, 6.45) is 0.438. The average molecular weight is 302 g/mol. The van der Waals surface area contributed by atoms with E-state index in [1.807, 2.05) is 35.7 Å². The standard InChI is InChI=1S/C15H14N2O3S/c18-13(11-6-12(11)15(19)20)16-7-10-8-21-14(17-10)9-4-2-1-3-5-9/h1-5,8,11-12H,6-7H2,(H,16,18)(H,19,20). The highest BCUT2D eigenvalue weighted by Gasteiger charge is 2.48. The maximum atomic E-state index is 11.8. The number of nitrogens with zero attached hydrogens (tertiary/aromatic N) is 1. The molecule has 1 aromatic heterocycles. The Kier molecular flexibility index (Phi) is 3.70. The van der Waals surface area contributed by atoms with E-state index in [0.717, 1.165) is 16.3 Å². The Hall–Kier alpha value is -2.21. The molecule has 1 aliphatic rings. The first-order chi connectivity index (χ1) is 10.1. The van der Waals surface area contributed by atoms with Gasteiger partial charge < -0.3 is 10.4 Å². The largest absolute Gasteiger partial charge is 0.481 e. The van der Waals surface area contributed by atoms with Gasteiger partial charge in [-0.25, -0.2) is 4.98 Å². The number of rotatable bonds is 5. The topological polar surface area (TPSA) is 79.3 Å². The summed E-state index contributed by atoms with van der Waals surface area (Å²) in [5, 5.41) is 14.4. The van der Waals surface area contributed by atoms with Crippen LogP contribution in [-0.4, -0.2) is 22.0 Å². The Morgan fingerprint density at radius 1 is 1.29 bits per heavy atom. The number of carboxylic acid groups (broad SMARTS) is 1. The summed E-state index contributed by atoms with van der Waals surface area (Å²) in [6.45, 7) is 0.338. The van der Waals surface area contributed by atoms with E-state index in [0.29, 0.717) is 13.0 Å². The number of hydrogen-bond acceptors (Lipinski definition) is 4. The van der Waals surface area contributed by atoms with Crippen molar-refractivity contribution in [3.8, 4) is 10.6 Å². The van der Waals surface area contributed by atoms with Crippen molar-refractivity contribution in [1.82, 2.24) is 10.3 Å². The fourth-order valence-corrected chi connectivity index (χ4v) is 2.99. The van der Waals surface area contributed by atoms with E-state index >= 15 is 0 Å². The molecule has 0 bridgehead atoms. The minimum absolute atomic E-state index is 0.198. The number of amides is 1. The fourth-order valence-electron chi connectivity index (χ4n) is 2.17. The lowest BCUT2D eigenvalue weighted by Gasteiger charge is -2.01. The molecule has 0 spiro atoms. The summed E-state index contributed by atoms with van der Waals surface area (Å²) in [7, 11) is 0. The van der Waals surface area contributed by atoms with Crippen molar-refractivity contribution in [2.75, 3.05) is 0 Å². The van der Waals surface area contributed by atoms with Crippen LogP contribution in [0.2, 0.25) is 0 Å². The zero-order valence-corrected chi connectivity index (χ0v) is 12.0. The number of carbonyl (C=O) groups excluding carboxylic acids is 1. The zero-order chi connectivity index (χ0) is 14.8. The Morgan fingerprint density at radius 3 is 2.71 bits per heavy atom. The summed E-state index contributed by atoms with van der Waals surface area (Å²) in [4.78, 5) is 27.0. The van der Waals surface area contributed by atoms with E-state index in [1.54, 1.807) is 0 Å². The molecule has 5 nitrogen and oxygen atoms in total. The number of aromatic nitrogens is 1. The van der Waals surface area contributed by atoms with Crippen LogP contribution in [0.4, 0.5) is 0 Å². The molecule has 21 heavy (non-hydrogen) atoms. The minimum atomic E-state index is -0.893. The number of benzene rings is 1. The monoisotopic (exact) mass is 302 g/mol. The van der Waals surface area contributed by atoms with Gasteiger partial charge in [0.25, 0.3) is 0 Å². The Bertz CT molecular complexity index is 669. The van der Waals surface area contributed by atoms with Gasteiger partial charge in [0.2, 0.25) is 5.91 Å². The van der Waals surface area contributed by atoms with Crippen LogP contribution >= 0.6 is 11.3 Å². The lowest BCUT2D eigenvalue weighted by molar-refractivity contribution is -0.140. The quantitative estimate of drug-likeness (QED) is 0.887. The van der Waals surface area contributed by atoms with Gasteiger partial charge in [-0.05, 0) is 6.42 Å². The molecule has 1 fully saturated rings. The van der Waals surface area contributed by atoms with E-state index in [9.17, 15) is 9.59 Å². The van der Waals surface area contributed by atoms with Crippen LogP contribution in [0, 0.1) is 11.8 Å². The van der Waals surface area contributed by atoms with Gasteiger partial charge >= 0.3 is 5.97 Å². The number of hydrogen-bond donors (Lipinski definition) is 2. The summed E-state index contributed by atoms with van der Waals surface area (Å²) >= 11 is 1.53. The molecule has 2 unspecified atom stereocenters. The van der Waals surface area contributed by atoms with E-state index in [4.69, 9.17) is 5.11 Å². The molecule has 1 heterocycles. The van der Waals surface area contributed by atoms with Gasteiger partial charge in [0.1, 0.15) is 5.01 Å². The second-order valence-corrected chi connectivity index (χ2v) is 5.87. The lowest BCUT2D eigenvalue weighted by Crippen LogP contribution is -2.26. The highest BCUT2D eigenvalue weighted by atomic mass is 32.1. The van der Waals surface area contributed by atoms with Gasteiger partial charge in [-0.3, -0.25) is 9.59 Å². The predicted octanol–water partition coefficient (Wildman–Crippen LogP) is 2.15. The maximum Gasteiger partial charge on any atom is 0.307 e. The fraction of sp³-hybridized carbons (Fsp3) is 0.267. The van der Waals surface area contributed by atoms with Crippen LogP contribution in [-0.2, 0) is 16.1 Å². The molecule has 1 aromatic carbocycles. The van der Waals surface area contributed by atoms with Gasteiger partial charge in [-0.15, -0.1) is 11.3 Å². The summed E-state index contributed by atoms with van der Waals surface area (Å²) in [5.74, 6) is -1.98. The predicted molar refractivity (Wildman–Crippen MR) is 78.6 cm³/mol. The number of aliphatic carboxylic acids is 1. The minimum Gasteiger partial charge on any atom is -0.481 e. The molecule has 2 aromatic rings. The average Bonchev–Trinajstić information content (AvgIpc) is 3.17. The van der Waals surface area contributed by atoms with Crippen molar-refractivity contribution >= 4 is 23.2 Å². The van der Waals surface area contributed by atoms with Crippen LogP contribution in [0.3, 0.4) is 0 Å². The van der Waals surface area contributed by atoms with Gasteiger partial charge in [0.15, 0.2) is 0 Å². The second-order valence-electron chi connectivity index (χ2n) is 5.01. The van der Waals surface area contributed by atoms with Gasteiger partial charge in [-0.1, -0.05) is 30.3 Å². The number of thiazole rings is 1. The van der Waals surface area contributed by atoms with E-state index < -0.39 is 11.9 Å². The molecule has 2 atom stereocenters. The van der Waals surface area contributed by atoms with Gasteiger partial charge in [0, 0.05) is 10.9 Å². The van der Waals surface area contributed by atoms with E-state index in [-0.39, 0.29) is 11.8 Å². The first-order valence-corrected chi connectivity index (χ1v) is 7.53. The molecule has 0 saturated heterocycles. The van der Waals surface area contributed by atoms with Crippen LogP contribution < -0.4 is 5.32 Å². The Balaban J connectivity index is 1.56. The molecule has 1 amide bonds. The third kappa shape index (κ3) is 3.11. The number of nitrogens with one attached hydrogen (secondary N) is 1. The smallest absolute Gasteiger partial charge is 0.307 e. The van der Waals surface area contributed by atoms with Crippen molar-refractivity contribution in [2.24, 2.45) is 11.8 Å². The number of carbonyl (C=O) groups is 2. The van der Waals surface area contributed by atoms with Crippen LogP contribution in [0.1, 0.15) is 12.1 Å². The highest BCUT2D eigenvalue weighted by molar-refractivity contribution is 7.13. The molecular formula is C15H14N2O3S. The molecule has 108 valence electrons. The van der Waals surface area contributed by atoms with Crippen LogP contribution in [0.15, 0.2) is 35.7 Å². The number of carboxylic acids is 1. The second kappa shape index (κ2) is 5.65. The SMILES string of the molecule is O=C(O)C1CC1C(=O)NCc1csc(-c2ccccc2)n1. The first kappa shape index (κ1) is 13.8. The van der Waals surface area contributed by atoms with E-state index in [2.05, 4.69) is 10.3 Å². The van der Waals surface area contributed by atoms with Crippen molar-refractivity contribution in [1.29, 1.82) is 0 Å². The molecular weight excluding hydrogens is 288 g/mol. The third-order valence-corrected chi connectivity index (χ3v) is 4.40. The Morgan fingerprint density at radius 2 is 2.05 bits per heavy atom. The Labute approximate surface area is 125 Å². The van der Waals surface area contributed by atoms with Crippen molar-refractivity contribution in [2.45, 2.75) is 13.0 Å². The lowest BCUT2D eigenvalue weighted by atomic mass is 10.2. The van der Waals surface area contributed by atoms with Crippen molar-refractivity contribution in [3.63, 3.8) is 0 Å². The maximum absolute atomic E-state index is 11.8. The molecule has 0 radical (unpaired) electrons. The van der Waals surface area contributed by atoms with Crippen LogP contribution in [0.5, 0.6) is 0 Å². The summed E-state index contributed by atoms with van der Waals surface area (Å²) in [5.41, 5.74) is 1.84. The molecule has 3 rings (SSSR count). The zero-order valence-electron chi connectivity index (χ0n) is 11.2. The molecule has 1 saturated carbocycles. The first-order valence-electron chi connectivity index (χ1n) is 6.65. The molecule has 6 heteroatoms. The molecule has 2 N–H and O–H groups in total. The third-order valence-electron chi connectivity index (χ3n) is 3.46. The van der Waals surface area contributed by atoms with Gasteiger partial charge in [-0.2, -0.15) is 0 Å². The van der Waals surface area contributed by atoms with Crippen LogP contribution in [0.25, 0.3) is 10.6 Å². The van der Waals surface area contributed by atoms with E-state index in [1.165, 1.54) is 11.3 Å². The molecule has 0 aliphatic heterocycles. The molecule has 1 aliphatic carbocycles. The normalized spacial score (nSPS) is 20.0. The van der Waals surface area contributed by atoms with Gasteiger partial charge in [0.05, 0.1) is 24.1 Å². The summed E-state index contributed by atoms with van der Waals surface area (Å²) < 4.78 is 0. The van der Waals surface area contributed by atoms with Crippen molar-refractivity contribution < 1.29 is 14.7 Å². The van der Waals surface area contributed by atoms with Crippen molar-refractivity contribution in [3.05, 3.63) is 41.4 Å². The highest BCUT2D eigenvalue weighted by Crippen LogP contribution is 2.38. The summed E-state index contributed by atoms with van der Waals surface area (Å²) in [6, 6.07) is 9.84.